The summed E-state index contributed by atoms with van der Waals surface area (Å²) in [4.78, 5) is 27.9. The molecule has 6 heteroatoms. The standard InChI is InChI=1S/C17H26N4O2/c1-3-14(2)19-17(23)18-13-16(22)21-11-9-20(10-12-21)15-7-5-4-6-8-15/h4-8,14H,3,9-13H2,1-2H3,(H2,18,19,23)/t14-/m1/s1. The van der Waals surface area contributed by atoms with Gasteiger partial charge >= 0.3 is 6.03 Å². The molecule has 0 bridgehead atoms. The third-order valence-corrected chi connectivity index (χ3v) is 4.14. The van der Waals surface area contributed by atoms with Gasteiger partial charge in [-0.15, -0.1) is 0 Å². The van der Waals surface area contributed by atoms with Crippen molar-refractivity contribution in [2.75, 3.05) is 37.6 Å². The van der Waals surface area contributed by atoms with E-state index in [4.69, 9.17) is 0 Å². The first-order valence-corrected chi connectivity index (χ1v) is 8.22. The van der Waals surface area contributed by atoms with Crippen LogP contribution < -0.4 is 15.5 Å². The van der Waals surface area contributed by atoms with Crippen molar-refractivity contribution in [2.24, 2.45) is 0 Å². The summed E-state index contributed by atoms with van der Waals surface area (Å²) >= 11 is 0. The van der Waals surface area contributed by atoms with E-state index in [9.17, 15) is 9.59 Å². The van der Waals surface area contributed by atoms with Crippen molar-refractivity contribution in [3.05, 3.63) is 30.3 Å². The lowest BCUT2D eigenvalue weighted by Crippen LogP contribution is -2.52. The first-order valence-electron chi connectivity index (χ1n) is 8.22. The third-order valence-electron chi connectivity index (χ3n) is 4.14. The molecule has 2 N–H and O–H groups in total. The molecule has 1 aromatic carbocycles. The van der Waals surface area contributed by atoms with Gasteiger partial charge in [0.15, 0.2) is 0 Å². The van der Waals surface area contributed by atoms with Crippen LogP contribution in [0.1, 0.15) is 20.3 Å². The fraction of sp³-hybridized carbons (Fsp3) is 0.529. The Morgan fingerprint density at radius 2 is 1.78 bits per heavy atom. The van der Waals surface area contributed by atoms with E-state index in [1.807, 2.05) is 36.9 Å². The number of hydrogen-bond acceptors (Lipinski definition) is 3. The van der Waals surface area contributed by atoms with Gasteiger partial charge in [-0.2, -0.15) is 0 Å². The second-order valence-electron chi connectivity index (χ2n) is 5.84. The summed E-state index contributed by atoms with van der Waals surface area (Å²) in [6, 6.07) is 10.0. The molecule has 1 atom stereocenters. The topological polar surface area (TPSA) is 64.7 Å². The molecule has 1 saturated heterocycles. The molecule has 0 unspecified atom stereocenters. The molecule has 1 aliphatic rings. The lowest BCUT2D eigenvalue weighted by atomic mass is 10.2. The number of anilines is 1. The van der Waals surface area contributed by atoms with E-state index in [0.717, 1.165) is 19.5 Å². The summed E-state index contributed by atoms with van der Waals surface area (Å²) in [6.45, 7) is 6.98. The van der Waals surface area contributed by atoms with Crippen molar-refractivity contribution >= 4 is 17.6 Å². The molecular formula is C17H26N4O2. The van der Waals surface area contributed by atoms with E-state index in [-0.39, 0.29) is 24.5 Å². The minimum atomic E-state index is -0.282. The van der Waals surface area contributed by atoms with E-state index in [1.54, 1.807) is 0 Å². The SMILES string of the molecule is CC[C@@H](C)NC(=O)NCC(=O)N1CCN(c2ccccc2)CC1. The fourth-order valence-electron chi connectivity index (χ4n) is 2.50. The molecule has 1 fully saturated rings. The van der Waals surface area contributed by atoms with Crippen LogP contribution in [0.5, 0.6) is 0 Å². The van der Waals surface area contributed by atoms with E-state index in [1.165, 1.54) is 5.69 Å². The first kappa shape index (κ1) is 17.1. The highest BCUT2D eigenvalue weighted by molar-refractivity contribution is 5.84. The second-order valence-corrected chi connectivity index (χ2v) is 5.84. The molecule has 1 aliphatic heterocycles. The maximum atomic E-state index is 12.2. The van der Waals surface area contributed by atoms with E-state index in [0.29, 0.717) is 13.1 Å². The van der Waals surface area contributed by atoms with Crippen LogP contribution in [0, 0.1) is 0 Å². The molecule has 126 valence electrons. The Labute approximate surface area is 137 Å². The molecule has 3 amide bonds. The van der Waals surface area contributed by atoms with Crippen LogP contribution in [-0.4, -0.2) is 55.6 Å². The van der Waals surface area contributed by atoms with Crippen molar-refractivity contribution in [1.29, 1.82) is 0 Å². The first-order chi connectivity index (χ1) is 11.1. The van der Waals surface area contributed by atoms with Gasteiger partial charge in [-0.05, 0) is 25.5 Å². The van der Waals surface area contributed by atoms with Gasteiger partial charge in [0.1, 0.15) is 0 Å². The molecule has 0 saturated carbocycles. The fourth-order valence-corrected chi connectivity index (χ4v) is 2.50. The Hall–Kier alpha value is -2.24. The van der Waals surface area contributed by atoms with Crippen LogP contribution in [0.2, 0.25) is 0 Å². The number of rotatable bonds is 5. The van der Waals surface area contributed by atoms with E-state index < -0.39 is 0 Å². The molecule has 6 nitrogen and oxygen atoms in total. The molecule has 0 aliphatic carbocycles. The van der Waals surface area contributed by atoms with Gasteiger partial charge in [0.25, 0.3) is 0 Å². The molecular weight excluding hydrogens is 292 g/mol. The molecule has 23 heavy (non-hydrogen) atoms. The number of carbonyl (C=O) groups excluding carboxylic acids is 2. The molecule has 0 aromatic heterocycles. The average molecular weight is 318 g/mol. The minimum Gasteiger partial charge on any atom is -0.368 e. The van der Waals surface area contributed by atoms with Gasteiger partial charge in [-0.25, -0.2) is 4.79 Å². The van der Waals surface area contributed by atoms with Crippen LogP contribution >= 0.6 is 0 Å². The molecule has 1 heterocycles. The molecule has 0 radical (unpaired) electrons. The Morgan fingerprint density at radius 3 is 2.39 bits per heavy atom. The van der Waals surface area contributed by atoms with Gasteiger partial charge in [0.2, 0.25) is 5.91 Å². The molecule has 0 spiro atoms. The van der Waals surface area contributed by atoms with Crippen LogP contribution in [0.3, 0.4) is 0 Å². The number of urea groups is 1. The highest BCUT2D eigenvalue weighted by atomic mass is 16.2. The van der Waals surface area contributed by atoms with Gasteiger partial charge < -0.3 is 20.4 Å². The van der Waals surface area contributed by atoms with Gasteiger partial charge in [0.05, 0.1) is 6.54 Å². The lowest BCUT2D eigenvalue weighted by molar-refractivity contribution is -0.130. The summed E-state index contributed by atoms with van der Waals surface area (Å²) in [5.41, 5.74) is 1.19. The maximum absolute atomic E-state index is 12.2. The average Bonchev–Trinajstić information content (AvgIpc) is 2.60. The number of amides is 3. The van der Waals surface area contributed by atoms with Crippen molar-refractivity contribution in [1.82, 2.24) is 15.5 Å². The lowest BCUT2D eigenvalue weighted by Gasteiger charge is -2.36. The summed E-state index contributed by atoms with van der Waals surface area (Å²) in [5.74, 6) is -0.0305. The highest BCUT2D eigenvalue weighted by Gasteiger charge is 2.21. The van der Waals surface area contributed by atoms with Crippen LogP contribution in [-0.2, 0) is 4.79 Å². The number of benzene rings is 1. The predicted molar refractivity (Wildman–Crippen MR) is 91.5 cm³/mol. The number of para-hydroxylation sites is 1. The van der Waals surface area contributed by atoms with Crippen LogP contribution in [0.15, 0.2) is 30.3 Å². The third kappa shape index (κ3) is 5.16. The Bertz CT molecular complexity index is 513. The number of hydrogen-bond donors (Lipinski definition) is 2. The monoisotopic (exact) mass is 318 g/mol. The smallest absolute Gasteiger partial charge is 0.315 e. The Kier molecular flexibility index (Phi) is 6.26. The number of nitrogens with zero attached hydrogens (tertiary/aromatic N) is 2. The van der Waals surface area contributed by atoms with Gasteiger partial charge in [0, 0.05) is 37.9 Å². The summed E-state index contributed by atoms with van der Waals surface area (Å²) in [5, 5.41) is 5.42. The zero-order valence-corrected chi connectivity index (χ0v) is 13.9. The van der Waals surface area contributed by atoms with Crippen LogP contribution in [0.25, 0.3) is 0 Å². The zero-order chi connectivity index (χ0) is 16.7. The summed E-state index contributed by atoms with van der Waals surface area (Å²) in [6.07, 6.45) is 0.864. The highest BCUT2D eigenvalue weighted by Crippen LogP contribution is 2.15. The quantitative estimate of drug-likeness (QED) is 0.863. The second kappa shape index (κ2) is 8.41. The molecule has 2 rings (SSSR count). The largest absolute Gasteiger partial charge is 0.368 e. The Balaban J connectivity index is 1.72. The summed E-state index contributed by atoms with van der Waals surface area (Å²) < 4.78 is 0. The van der Waals surface area contributed by atoms with Crippen molar-refractivity contribution in [3.8, 4) is 0 Å². The van der Waals surface area contributed by atoms with E-state index >= 15 is 0 Å². The van der Waals surface area contributed by atoms with Crippen molar-refractivity contribution < 1.29 is 9.59 Å². The number of piperazine rings is 1. The predicted octanol–water partition coefficient (Wildman–Crippen LogP) is 1.43. The van der Waals surface area contributed by atoms with Gasteiger partial charge in [-0.3, -0.25) is 4.79 Å². The maximum Gasteiger partial charge on any atom is 0.315 e. The normalized spacial score (nSPS) is 15.9. The number of carbonyl (C=O) groups is 2. The summed E-state index contributed by atoms with van der Waals surface area (Å²) in [7, 11) is 0. The van der Waals surface area contributed by atoms with E-state index in [2.05, 4.69) is 27.7 Å². The zero-order valence-electron chi connectivity index (χ0n) is 13.9. The Morgan fingerprint density at radius 1 is 1.13 bits per heavy atom. The minimum absolute atomic E-state index is 0.0305. The van der Waals surface area contributed by atoms with Gasteiger partial charge in [-0.1, -0.05) is 25.1 Å². The number of nitrogens with one attached hydrogen (secondary N) is 2. The van der Waals surface area contributed by atoms with Crippen molar-refractivity contribution in [2.45, 2.75) is 26.3 Å². The van der Waals surface area contributed by atoms with Crippen LogP contribution in [0.4, 0.5) is 10.5 Å². The molecule has 1 aromatic rings. The van der Waals surface area contributed by atoms with Crippen molar-refractivity contribution in [3.63, 3.8) is 0 Å².